The fourth-order valence-corrected chi connectivity index (χ4v) is 2.99. The number of nitrogens with one attached hydrogen (secondary N) is 1. The van der Waals surface area contributed by atoms with Crippen LogP contribution >= 0.6 is 12.4 Å². The molecule has 5 nitrogen and oxygen atoms in total. The van der Waals surface area contributed by atoms with Crippen molar-refractivity contribution < 1.29 is 14.3 Å². The van der Waals surface area contributed by atoms with Crippen LogP contribution in [0.25, 0.3) is 0 Å². The lowest BCUT2D eigenvalue weighted by atomic mass is 9.97. The van der Waals surface area contributed by atoms with E-state index in [0.717, 1.165) is 32.1 Å². The number of carbonyl (C=O) groups is 1. The second kappa shape index (κ2) is 9.74. The number of hydrogen-bond donors (Lipinski definition) is 2. The van der Waals surface area contributed by atoms with E-state index in [-0.39, 0.29) is 23.9 Å². The summed E-state index contributed by atoms with van der Waals surface area (Å²) in [5.41, 5.74) is 6.22. The molecule has 0 atom stereocenters. The Kier molecular flexibility index (Phi) is 8.36. The van der Waals surface area contributed by atoms with Crippen molar-refractivity contribution in [2.24, 2.45) is 5.73 Å². The molecule has 1 aliphatic rings. The zero-order valence-corrected chi connectivity index (χ0v) is 15.4. The summed E-state index contributed by atoms with van der Waals surface area (Å²) < 4.78 is 11.3. The van der Waals surface area contributed by atoms with Crippen LogP contribution in [0.5, 0.6) is 11.5 Å². The van der Waals surface area contributed by atoms with Gasteiger partial charge in [-0.1, -0.05) is 19.8 Å². The molecule has 6 heteroatoms. The van der Waals surface area contributed by atoms with Crippen LogP contribution in [0.1, 0.15) is 56.3 Å². The number of nitrogens with two attached hydrogens (primary N) is 1. The van der Waals surface area contributed by atoms with Gasteiger partial charge in [0.25, 0.3) is 5.91 Å². The molecule has 1 fully saturated rings. The highest BCUT2D eigenvalue weighted by Gasteiger charge is 2.34. The lowest BCUT2D eigenvalue weighted by Gasteiger charge is -2.28. The molecule has 0 spiro atoms. The first-order chi connectivity index (χ1) is 11.1. The van der Waals surface area contributed by atoms with E-state index < -0.39 is 0 Å². The first-order valence-corrected chi connectivity index (χ1v) is 8.56. The maximum atomic E-state index is 12.6. The monoisotopic (exact) mass is 356 g/mol. The third-order valence-electron chi connectivity index (χ3n) is 4.30. The maximum absolute atomic E-state index is 12.6. The Morgan fingerprint density at radius 2 is 1.92 bits per heavy atom. The summed E-state index contributed by atoms with van der Waals surface area (Å²) in [4.78, 5) is 12.6. The first kappa shape index (κ1) is 20.6. The van der Waals surface area contributed by atoms with Crippen molar-refractivity contribution in [2.45, 2.75) is 51.5 Å². The van der Waals surface area contributed by atoms with Gasteiger partial charge in [-0.05, 0) is 44.4 Å². The third kappa shape index (κ3) is 5.02. The highest BCUT2D eigenvalue weighted by Crippen LogP contribution is 2.31. The topological polar surface area (TPSA) is 73.6 Å². The van der Waals surface area contributed by atoms with Gasteiger partial charge in [-0.2, -0.15) is 0 Å². The standard InChI is InChI=1S/C18H28N2O3.ClH/c1-3-11-23-15-8-7-14(12-16(15)22-4-2)17(21)20-18(13-19)9-5-6-10-18;/h7-8,12H,3-6,9-11,13,19H2,1-2H3,(H,20,21);1H. The molecule has 0 saturated heterocycles. The molecular formula is C18H29ClN2O3. The largest absolute Gasteiger partial charge is 0.490 e. The van der Waals surface area contributed by atoms with Gasteiger partial charge < -0.3 is 20.5 Å². The second-order valence-electron chi connectivity index (χ2n) is 6.09. The number of hydrogen-bond acceptors (Lipinski definition) is 4. The fourth-order valence-electron chi connectivity index (χ4n) is 2.99. The van der Waals surface area contributed by atoms with Crippen LogP contribution in [0.2, 0.25) is 0 Å². The predicted molar refractivity (Wildman–Crippen MR) is 98.4 cm³/mol. The first-order valence-electron chi connectivity index (χ1n) is 8.56. The van der Waals surface area contributed by atoms with E-state index in [9.17, 15) is 4.79 Å². The zero-order valence-electron chi connectivity index (χ0n) is 14.6. The summed E-state index contributed by atoms with van der Waals surface area (Å²) in [6, 6.07) is 5.34. The van der Waals surface area contributed by atoms with Crippen LogP contribution in [-0.4, -0.2) is 31.2 Å². The van der Waals surface area contributed by atoms with Gasteiger partial charge in [-0.15, -0.1) is 12.4 Å². The molecule has 136 valence electrons. The maximum Gasteiger partial charge on any atom is 0.251 e. The molecule has 24 heavy (non-hydrogen) atoms. The van der Waals surface area contributed by atoms with Crippen molar-refractivity contribution >= 4 is 18.3 Å². The summed E-state index contributed by atoms with van der Waals surface area (Å²) >= 11 is 0. The van der Waals surface area contributed by atoms with Gasteiger partial charge in [0.05, 0.1) is 18.8 Å². The van der Waals surface area contributed by atoms with E-state index in [4.69, 9.17) is 15.2 Å². The van der Waals surface area contributed by atoms with Crippen molar-refractivity contribution in [2.75, 3.05) is 19.8 Å². The Labute approximate surface area is 150 Å². The second-order valence-corrected chi connectivity index (χ2v) is 6.09. The number of ether oxygens (including phenoxy) is 2. The Hall–Kier alpha value is -1.46. The molecule has 1 aliphatic carbocycles. The summed E-state index contributed by atoms with van der Waals surface area (Å²) in [6.45, 7) is 5.60. The third-order valence-corrected chi connectivity index (χ3v) is 4.30. The number of halogens is 1. The van der Waals surface area contributed by atoms with Crippen LogP contribution in [0.3, 0.4) is 0 Å². The number of amides is 1. The van der Waals surface area contributed by atoms with Crippen molar-refractivity contribution in [3.8, 4) is 11.5 Å². The van der Waals surface area contributed by atoms with E-state index in [1.807, 2.05) is 6.92 Å². The predicted octanol–water partition coefficient (Wildman–Crippen LogP) is 3.30. The zero-order chi connectivity index (χ0) is 16.7. The minimum absolute atomic E-state index is 0. The van der Waals surface area contributed by atoms with Gasteiger partial charge in [0.2, 0.25) is 0 Å². The number of carbonyl (C=O) groups excluding carboxylic acids is 1. The van der Waals surface area contributed by atoms with Gasteiger partial charge in [0.1, 0.15) is 0 Å². The minimum atomic E-state index is -0.250. The molecular weight excluding hydrogens is 328 g/mol. The van der Waals surface area contributed by atoms with Crippen molar-refractivity contribution in [1.29, 1.82) is 0 Å². The smallest absolute Gasteiger partial charge is 0.251 e. The van der Waals surface area contributed by atoms with E-state index in [2.05, 4.69) is 12.2 Å². The van der Waals surface area contributed by atoms with Gasteiger partial charge in [-0.25, -0.2) is 0 Å². The molecule has 3 N–H and O–H groups in total. The quantitative estimate of drug-likeness (QED) is 0.749. The lowest BCUT2D eigenvalue weighted by molar-refractivity contribution is 0.0902. The Morgan fingerprint density at radius 1 is 1.21 bits per heavy atom. The fraction of sp³-hybridized carbons (Fsp3) is 0.611. The molecule has 0 unspecified atom stereocenters. The van der Waals surface area contributed by atoms with Crippen LogP contribution in [0.15, 0.2) is 18.2 Å². The molecule has 0 aromatic heterocycles. The SMILES string of the molecule is CCCOc1ccc(C(=O)NC2(CN)CCCC2)cc1OCC.Cl. The summed E-state index contributed by atoms with van der Waals surface area (Å²) in [7, 11) is 0. The molecule has 1 saturated carbocycles. The summed E-state index contributed by atoms with van der Waals surface area (Å²) in [6.07, 6.45) is 5.06. The van der Waals surface area contributed by atoms with Gasteiger partial charge in [0.15, 0.2) is 11.5 Å². The summed E-state index contributed by atoms with van der Waals surface area (Å²) in [5, 5.41) is 3.13. The molecule has 0 heterocycles. The lowest BCUT2D eigenvalue weighted by Crippen LogP contribution is -2.51. The molecule has 0 radical (unpaired) electrons. The highest BCUT2D eigenvalue weighted by molar-refractivity contribution is 5.95. The van der Waals surface area contributed by atoms with Crippen molar-refractivity contribution in [1.82, 2.24) is 5.32 Å². The molecule has 1 amide bonds. The molecule has 1 aromatic carbocycles. The van der Waals surface area contributed by atoms with Gasteiger partial charge >= 0.3 is 0 Å². The Morgan fingerprint density at radius 3 is 2.50 bits per heavy atom. The van der Waals surface area contributed by atoms with Crippen LogP contribution in [0, 0.1) is 0 Å². The molecule has 0 bridgehead atoms. The van der Waals surface area contributed by atoms with Crippen LogP contribution in [-0.2, 0) is 0 Å². The van der Waals surface area contributed by atoms with Crippen LogP contribution < -0.4 is 20.5 Å². The number of rotatable bonds is 8. The summed E-state index contributed by atoms with van der Waals surface area (Å²) in [5.74, 6) is 1.20. The minimum Gasteiger partial charge on any atom is -0.490 e. The molecule has 0 aliphatic heterocycles. The highest BCUT2D eigenvalue weighted by atomic mass is 35.5. The molecule has 1 aromatic rings. The normalized spacial score (nSPS) is 15.5. The Bertz CT molecular complexity index is 531. The average molecular weight is 357 g/mol. The van der Waals surface area contributed by atoms with E-state index in [0.29, 0.717) is 36.8 Å². The van der Waals surface area contributed by atoms with Crippen LogP contribution in [0.4, 0.5) is 0 Å². The van der Waals surface area contributed by atoms with Crippen molar-refractivity contribution in [3.05, 3.63) is 23.8 Å². The molecule has 2 rings (SSSR count). The van der Waals surface area contributed by atoms with Crippen molar-refractivity contribution in [3.63, 3.8) is 0 Å². The average Bonchev–Trinajstić information content (AvgIpc) is 3.03. The van der Waals surface area contributed by atoms with Gasteiger partial charge in [-0.3, -0.25) is 4.79 Å². The number of benzene rings is 1. The van der Waals surface area contributed by atoms with E-state index in [1.54, 1.807) is 18.2 Å². The Balaban J connectivity index is 0.00000288. The van der Waals surface area contributed by atoms with E-state index in [1.165, 1.54) is 0 Å². The van der Waals surface area contributed by atoms with Gasteiger partial charge in [0, 0.05) is 12.1 Å². The van der Waals surface area contributed by atoms with E-state index >= 15 is 0 Å².